The molecule has 1 aromatic rings. The first-order chi connectivity index (χ1) is 10.1. The van der Waals surface area contributed by atoms with E-state index in [0.717, 1.165) is 17.9 Å². The molecule has 1 fully saturated rings. The van der Waals surface area contributed by atoms with Gasteiger partial charge in [-0.15, -0.1) is 0 Å². The normalized spacial score (nSPS) is 23.0. The Bertz CT molecular complexity index is 529. The Labute approximate surface area is 130 Å². The number of hydrogen-bond acceptors (Lipinski definition) is 3. The van der Waals surface area contributed by atoms with Gasteiger partial charge in [0.25, 0.3) is 0 Å². The van der Waals surface area contributed by atoms with Crippen molar-refractivity contribution in [2.45, 2.75) is 31.8 Å². The number of morpholine rings is 1. The maximum absolute atomic E-state index is 12.4. The van der Waals surface area contributed by atoms with Crippen molar-refractivity contribution in [3.8, 4) is 0 Å². The molecule has 2 atom stereocenters. The number of ether oxygens (including phenoxy) is 1. The first-order valence-corrected chi connectivity index (χ1v) is 7.94. The molecule has 1 N–H and O–H groups in total. The molecule has 1 saturated heterocycles. The van der Waals surface area contributed by atoms with Crippen LogP contribution in [0.1, 0.15) is 30.5 Å². The number of nitrogens with one attached hydrogen (secondary N) is 1. The fraction of sp³-hybridized carbons (Fsp3) is 0.562. The lowest BCUT2D eigenvalue weighted by Crippen LogP contribution is -2.49. The first kappa shape index (κ1) is 14.8. The summed E-state index contributed by atoms with van der Waals surface area (Å²) in [7, 11) is 0. The minimum absolute atomic E-state index is 0.167. The number of carbonyl (C=O) groups is 1. The number of fused-ring (bicyclic) bond motifs is 1. The molecule has 1 aliphatic heterocycles. The largest absolute Gasteiger partial charge is 0.378 e. The number of benzene rings is 1. The van der Waals surface area contributed by atoms with Crippen LogP contribution in [0.15, 0.2) is 18.2 Å². The number of amides is 1. The summed E-state index contributed by atoms with van der Waals surface area (Å²) in [6.45, 7) is 4.63. The van der Waals surface area contributed by atoms with Crippen LogP contribution in [0, 0.1) is 0 Å². The number of aryl methyl sites for hydroxylation is 1. The molecule has 0 radical (unpaired) electrons. The Morgan fingerprint density at radius 1 is 1.43 bits per heavy atom. The van der Waals surface area contributed by atoms with Gasteiger partial charge in [-0.05, 0) is 43.0 Å². The van der Waals surface area contributed by atoms with Crippen molar-refractivity contribution in [2.24, 2.45) is 0 Å². The predicted octanol–water partition coefficient (Wildman–Crippen LogP) is 2.16. The zero-order valence-electron chi connectivity index (χ0n) is 12.3. The van der Waals surface area contributed by atoms with E-state index in [2.05, 4.69) is 11.4 Å². The third kappa shape index (κ3) is 3.23. The van der Waals surface area contributed by atoms with Crippen molar-refractivity contribution in [3.05, 3.63) is 34.3 Å². The molecule has 1 amide bonds. The van der Waals surface area contributed by atoms with Crippen molar-refractivity contribution in [1.82, 2.24) is 10.2 Å². The maximum atomic E-state index is 12.4. The number of halogens is 1. The zero-order chi connectivity index (χ0) is 14.8. The van der Waals surface area contributed by atoms with Gasteiger partial charge in [-0.3, -0.25) is 10.1 Å². The fourth-order valence-corrected chi connectivity index (χ4v) is 3.38. The smallest absolute Gasteiger partial charge is 0.239 e. The van der Waals surface area contributed by atoms with E-state index >= 15 is 0 Å². The van der Waals surface area contributed by atoms with Crippen molar-refractivity contribution in [2.75, 3.05) is 26.3 Å². The van der Waals surface area contributed by atoms with E-state index in [0.29, 0.717) is 26.3 Å². The third-order valence-electron chi connectivity index (χ3n) is 4.33. The SMILES string of the molecule is CC(NC1CCc2cc(Cl)ccc21)C(=O)N1CCOCC1. The van der Waals surface area contributed by atoms with E-state index in [-0.39, 0.29) is 18.0 Å². The van der Waals surface area contributed by atoms with E-state index in [9.17, 15) is 4.79 Å². The van der Waals surface area contributed by atoms with Crippen LogP contribution in [0.5, 0.6) is 0 Å². The molecule has 0 spiro atoms. The molecule has 1 aromatic carbocycles. The molecule has 1 aliphatic carbocycles. The fourth-order valence-electron chi connectivity index (χ4n) is 3.19. The number of rotatable bonds is 3. The van der Waals surface area contributed by atoms with Gasteiger partial charge in [0.1, 0.15) is 0 Å². The zero-order valence-corrected chi connectivity index (χ0v) is 13.0. The molecule has 21 heavy (non-hydrogen) atoms. The van der Waals surface area contributed by atoms with E-state index < -0.39 is 0 Å². The van der Waals surface area contributed by atoms with Gasteiger partial charge in [0, 0.05) is 24.2 Å². The molecule has 5 heteroatoms. The highest BCUT2D eigenvalue weighted by atomic mass is 35.5. The Morgan fingerprint density at radius 2 is 2.19 bits per heavy atom. The van der Waals surface area contributed by atoms with Crippen LogP contribution >= 0.6 is 11.6 Å². The third-order valence-corrected chi connectivity index (χ3v) is 4.56. The van der Waals surface area contributed by atoms with Crippen LogP contribution < -0.4 is 5.32 Å². The summed E-state index contributed by atoms with van der Waals surface area (Å²) in [6, 6.07) is 6.11. The minimum atomic E-state index is -0.172. The molecule has 2 unspecified atom stereocenters. The Morgan fingerprint density at radius 3 is 2.95 bits per heavy atom. The predicted molar refractivity (Wildman–Crippen MR) is 82.5 cm³/mol. The monoisotopic (exact) mass is 308 g/mol. The number of carbonyl (C=O) groups excluding carboxylic acids is 1. The summed E-state index contributed by atoms with van der Waals surface area (Å²) in [6.07, 6.45) is 2.04. The lowest BCUT2D eigenvalue weighted by atomic mass is 10.1. The molecular weight excluding hydrogens is 288 g/mol. The van der Waals surface area contributed by atoms with Crippen LogP contribution in [0.4, 0.5) is 0 Å². The Hall–Kier alpha value is -1.10. The molecule has 0 aromatic heterocycles. The summed E-state index contributed by atoms with van der Waals surface area (Å²) in [5.41, 5.74) is 2.58. The van der Waals surface area contributed by atoms with Gasteiger partial charge in [-0.2, -0.15) is 0 Å². The highest BCUT2D eigenvalue weighted by Crippen LogP contribution is 2.33. The minimum Gasteiger partial charge on any atom is -0.378 e. The summed E-state index contributed by atoms with van der Waals surface area (Å²) in [5, 5.41) is 4.26. The van der Waals surface area contributed by atoms with E-state index in [1.165, 1.54) is 11.1 Å². The average Bonchev–Trinajstić information content (AvgIpc) is 2.89. The van der Waals surface area contributed by atoms with Gasteiger partial charge in [0.15, 0.2) is 0 Å². The van der Waals surface area contributed by atoms with Crippen LogP contribution in [0.3, 0.4) is 0 Å². The Kier molecular flexibility index (Phi) is 4.48. The summed E-state index contributed by atoms with van der Waals surface area (Å²) in [5.74, 6) is 0.167. The van der Waals surface area contributed by atoms with Crippen molar-refractivity contribution in [3.63, 3.8) is 0 Å². The summed E-state index contributed by atoms with van der Waals surface area (Å²) in [4.78, 5) is 14.3. The lowest BCUT2D eigenvalue weighted by molar-refractivity contribution is -0.137. The number of hydrogen-bond donors (Lipinski definition) is 1. The molecule has 2 aliphatic rings. The molecular formula is C16H21ClN2O2. The topological polar surface area (TPSA) is 41.6 Å². The maximum Gasteiger partial charge on any atom is 0.239 e. The van der Waals surface area contributed by atoms with Gasteiger partial charge in [0.05, 0.1) is 19.3 Å². The second-order valence-corrected chi connectivity index (χ2v) is 6.20. The summed E-state index contributed by atoms with van der Waals surface area (Å²) < 4.78 is 5.29. The quantitative estimate of drug-likeness (QED) is 0.930. The van der Waals surface area contributed by atoms with Crippen LogP contribution in [-0.4, -0.2) is 43.2 Å². The van der Waals surface area contributed by atoms with Crippen LogP contribution in [0.2, 0.25) is 5.02 Å². The Balaban J connectivity index is 1.63. The number of nitrogens with zero attached hydrogens (tertiary/aromatic N) is 1. The van der Waals surface area contributed by atoms with E-state index in [1.54, 1.807) is 0 Å². The second kappa shape index (κ2) is 6.34. The van der Waals surface area contributed by atoms with Gasteiger partial charge >= 0.3 is 0 Å². The van der Waals surface area contributed by atoms with Crippen LogP contribution in [0.25, 0.3) is 0 Å². The average molecular weight is 309 g/mol. The van der Waals surface area contributed by atoms with Gasteiger partial charge in [0.2, 0.25) is 5.91 Å². The molecule has 0 saturated carbocycles. The van der Waals surface area contributed by atoms with Crippen molar-refractivity contribution < 1.29 is 9.53 Å². The lowest BCUT2D eigenvalue weighted by Gasteiger charge is -2.30. The standard InChI is InChI=1S/C16H21ClN2O2/c1-11(16(20)19-6-8-21-9-7-19)18-15-5-2-12-10-13(17)3-4-14(12)15/h3-4,10-11,15,18H,2,5-9H2,1H3. The van der Waals surface area contributed by atoms with Gasteiger partial charge < -0.3 is 9.64 Å². The molecule has 0 bridgehead atoms. The molecule has 4 nitrogen and oxygen atoms in total. The molecule has 1 heterocycles. The second-order valence-electron chi connectivity index (χ2n) is 5.76. The first-order valence-electron chi connectivity index (χ1n) is 7.56. The van der Waals surface area contributed by atoms with Crippen molar-refractivity contribution in [1.29, 1.82) is 0 Å². The molecule has 114 valence electrons. The van der Waals surface area contributed by atoms with E-state index in [4.69, 9.17) is 16.3 Å². The van der Waals surface area contributed by atoms with E-state index in [1.807, 2.05) is 24.0 Å². The van der Waals surface area contributed by atoms with Gasteiger partial charge in [-0.25, -0.2) is 0 Å². The highest BCUT2D eigenvalue weighted by molar-refractivity contribution is 6.30. The highest BCUT2D eigenvalue weighted by Gasteiger charge is 2.28. The van der Waals surface area contributed by atoms with Crippen molar-refractivity contribution >= 4 is 17.5 Å². The summed E-state index contributed by atoms with van der Waals surface area (Å²) >= 11 is 6.04. The molecule has 3 rings (SSSR count). The van der Waals surface area contributed by atoms with Gasteiger partial charge in [-0.1, -0.05) is 17.7 Å². The van der Waals surface area contributed by atoms with Crippen LogP contribution in [-0.2, 0) is 16.0 Å².